The van der Waals surface area contributed by atoms with Gasteiger partial charge in [-0.3, -0.25) is 19.2 Å². The zero-order valence-electron chi connectivity index (χ0n) is 17.5. The quantitative estimate of drug-likeness (QED) is 0.319. The molecule has 0 saturated heterocycles. The second-order valence-corrected chi connectivity index (χ2v) is 6.58. The minimum absolute atomic E-state index is 0. The summed E-state index contributed by atoms with van der Waals surface area (Å²) in [6, 6.07) is 5.72. The fourth-order valence-electron chi connectivity index (χ4n) is 3.67. The summed E-state index contributed by atoms with van der Waals surface area (Å²) in [6.45, 7) is 10.8. The number of carbonyl (C=O) groups excluding carboxylic acids is 2. The molecule has 3 rings (SSSR count). The van der Waals surface area contributed by atoms with Gasteiger partial charge in [0.15, 0.2) is 11.6 Å². The lowest BCUT2D eigenvalue weighted by molar-refractivity contribution is -0.139. The van der Waals surface area contributed by atoms with Gasteiger partial charge in [0.2, 0.25) is 0 Å². The van der Waals surface area contributed by atoms with Crippen LogP contribution in [0.5, 0.6) is 11.5 Å². The van der Waals surface area contributed by atoms with Gasteiger partial charge < -0.3 is 20.4 Å². The molecule has 0 heterocycles. The first-order valence-corrected chi connectivity index (χ1v) is 9.68. The standard InChI is InChI=1S/C22H16O8.C2H6.CH4/c1-3-9(21(27)28)13-14(10(4-2)22(29)30)20(26)16-15(19(13)25)17(23)11-7-5-6-8-12(11)18(16)24;1-2;/h3-10,25-26H,1-2H2,(H,27,28)(H,29,30);1-2H3;1H4. The topological polar surface area (TPSA) is 149 Å². The first kappa shape index (κ1) is 26.8. The van der Waals surface area contributed by atoms with Crippen LogP contribution in [-0.2, 0) is 9.59 Å². The second-order valence-electron chi connectivity index (χ2n) is 6.58. The van der Waals surface area contributed by atoms with Gasteiger partial charge >= 0.3 is 11.9 Å². The number of benzene rings is 2. The number of hydrogen-bond acceptors (Lipinski definition) is 6. The molecule has 1 aliphatic rings. The van der Waals surface area contributed by atoms with Gasteiger partial charge in [-0.25, -0.2) is 0 Å². The Balaban J connectivity index is 0.00000177. The van der Waals surface area contributed by atoms with E-state index in [9.17, 15) is 39.6 Å². The number of ketones is 2. The fourth-order valence-corrected chi connectivity index (χ4v) is 3.67. The number of fused-ring (bicyclic) bond motifs is 2. The number of carboxylic acids is 2. The Morgan fingerprint density at radius 1 is 0.788 bits per heavy atom. The Labute approximate surface area is 191 Å². The molecule has 1 aliphatic carbocycles. The minimum atomic E-state index is -1.67. The largest absolute Gasteiger partial charge is 0.507 e. The molecule has 0 fully saturated rings. The molecular weight excluding hydrogens is 428 g/mol. The summed E-state index contributed by atoms with van der Waals surface area (Å²) >= 11 is 0. The van der Waals surface area contributed by atoms with Crippen molar-refractivity contribution in [2.24, 2.45) is 0 Å². The molecule has 8 nitrogen and oxygen atoms in total. The van der Waals surface area contributed by atoms with Crippen molar-refractivity contribution >= 4 is 23.5 Å². The van der Waals surface area contributed by atoms with E-state index < -0.39 is 69.1 Å². The lowest BCUT2D eigenvalue weighted by Crippen LogP contribution is -2.25. The number of phenolic OH excluding ortho intramolecular Hbond substituents is 2. The molecule has 2 unspecified atom stereocenters. The molecule has 2 aromatic rings. The molecule has 0 bridgehead atoms. The minimum Gasteiger partial charge on any atom is -0.507 e. The van der Waals surface area contributed by atoms with Crippen molar-refractivity contribution in [3.63, 3.8) is 0 Å². The summed E-state index contributed by atoms with van der Waals surface area (Å²) in [6.07, 6.45) is 1.83. The van der Waals surface area contributed by atoms with Crippen LogP contribution in [0.4, 0.5) is 0 Å². The number of aliphatic carboxylic acids is 2. The van der Waals surface area contributed by atoms with E-state index >= 15 is 0 Å². The molecule has 33 heavy (non-hydrogen) atoms. The number of phenols is 2. The molecule has 2 aromatic carbocycles. The molecule has 0 saturated carbocycles. The average molecular weight is 454 g/mol. The fraction of sp³-hybridized carbons (Fsp3) is 0.200. The molecule has 0 amide bonds. The Hall–Kier alpha value is -4.20. The van der Waals surface area contributed by atoms with Crippen LogP contribution in [0.2, 0.25) is 0 Å². The molecule has 2 atom stereocenters. The average Bonchev–Trinajstić information content (AvgIpc) is 2.77. The van der Waals surface area contributed by atoms with E-state index in [-0.39, 0.29) is 18.6 Å². The van der Waals surface area contributed by atoms with Crippen LogP contribution in [0, 0.1) is 0 Å². The molecule has 0 aromatic heterocycles. The number of hydrogen-bond donors (Lipinski definition) is 4. The van der Waals surface area contributed by atoms with E-state index in [1.165, 1.54) is 24.3 Å². The van der Waals surface area contributed by atoms with Crippen molar-refractivity contribution < 1.29 is 39.6 Å². The van der Waals surface area contributed by atoms with Crippen molar-refractivity contribution in [1.82, 2.24) is 0 Å². The normalized spacial score (nSPS) is 13.2. The zero-order chi connectivity index (χ0) is 24.3. The Morgan fingerprint density at radius 3 is 1.33 bits per heavy atom. The molecule has 174 valence electrons. The third-order valence-corrected chi connectivity index (χ3v) is 5.02. The van der Waals surface area contributed by atoms with Gasteiger partial charge in [-0.05, 0) is 0 Å². The van der Waals surface area contributed by atoms with Crippen molar-refractivity contribution in [2.75, 3.05) is 0 Å². The highest BCUT2D eigenvalue weighted by Crippen LogP contribution is 2.48. The van der Waals surface area contributed by atoms with Gasteiger partial charge in [0.25, 0.3) is 0 Å². The second kappa shape index (κ2) is 10.4. The van der Waals surface area contributed by atoms with E-state index in [0.29, 0.717) is 0 Å². The highest BCUT2D eigenvalue weighted by molar-refractivity contribution is 6.30. The van der Waals surface area contributed by atoms with Crippen LogP contribution in [-0.4, -0.2) is 43.9 Å². The summed E-state index contributed by atoms with van der Waals surface area (Å²) in [4.78, 5) is 49.5. The maximum Gasteiger partial charge on any atom is 0.315 e. The number of aromatic hydroxyl groups is 2. The van der Waals surface area contributed by atoms with E-state index in [1.807, 2.05) is 13.8 Å². The molecular formula is C25H26O8. The molecule has 0 spiro atoms. The van der Waals surface area contributed by atoms with E-state index in [0.717, 1.165) is 12.2 Å². The number of rotatable bonds is 6. The van der Waals surface area contributed by atoms with Gasteiger partial charge in [-0.2, -0.15) is 0 Å². The number of carbonyl (C=O) groups is 4. The summed E-state index contributed by atoms with van der Waals surface area (Å²) in [5.74, 6) is -9.76. The zero-order valence-corrected chi connectivity index (χ0v) is 17.5. The maximum atomic E-state index is 13.0. The van der Waals surface area contributed by atoms with E-state index in [4.69, 9.17) is 0 Å². The van der Waals surface area contributed by atoms with Gasteiger partial charge in [0.1, 0.15) is 23.3 Å². The SMILES string of the molecule is C.C=CC(C(=O)O)c1c(O)c2c(c(O)c1C(C=C)C(=O)O)C(=O)c1ccccc1C2=O.CC. The summed E-state index contributed by atoms with van der Waals surface area (Å²) in [5.41, 5.74) is -2.32. The molecule has 0 radical (unpaired) electrons. The van der Waals surface area contributed by atoms with Crippen LogP contribution >= 0.6 is 0 Å². The van der Waals surface area contributed by atoms with Gasteiger partial charge in [-0.15, -0.1) is 13.2 Å². The van der Waals surface area contributed by atoms with E-state index in [2.05, 4.69) is 13.2 Å². The van der Waals surface area contributed by atoms with Crippen LogP contribution in [0.3, 0.4) is 0 Å². The molecule has 0 aliphatic heterocycles. The summed E-state index contributed by atoms with van der Waals surface area (Å²) < 4.78 is 0. The van der Waals surface area contributed by atoms with Gasteiger partial charge in [0.05, 0.1) is 11.1 Å². The maximum absolute atomic E-state index is 13.0. The van der Waals surface area contributed by atoms with Gasteiger partial charge in [-0.1, -0.05) is 57.7 Å². The van der Waals surface area contributed by atoms with Crippen LogP contribution in [0.15, 0.2) is 49.6 Å². The Bertz CT molecular complexity index is 1070. The monoisotopic (exact) mass is 454 g/mol. The first-order chi connectivity index (χ1) is 15.2. The third kappa shape index (κ3) is 4.15. The van der Waals surface area contributed by atoms with Crippen molar-refractivity contribution in [1.29, 1.82) is 0 Å². The lowest BCUT2D eigenvalue weighted by Gasteiger charge is -2.26. The van der Waals surface area contributed by atoms with Crippen molar-refractivity contribution in [3.8, 4) is 11.5 Å². The summed E-state index contributed by atoms with van der Waals surface area (Å²) in [5, 5.41) is 40.9. The Morgan fingerprint density at radius 2 is 1.09 bits per heavy atom. The lowest BCUT2D eigenvalue weighted by atomic mass is 9.76. The Kier molecular flexibility index (Phi) is 8.46. The van der Waals surface area contributed by atoms with Crippen LogP contribution < -0.4 is 0 Å². The molecule has 8 heteroatoms. The highest BCUT2D eigenvalue weighted by atomic mass is 16.4. The van der Waals surface area contributed by atoms with Crippen molar-refractivity contribution in [3.05, 3.63) is 83.0 Å². The van der Waals surface area contributed by atoms with Crippen LogP contribution in [0.1, 0.15) is 76.1 Å². The van der Waals surface area contributed by atoms with E-state index in [1.54, 1.807) is 0 Å². The predicted octanol–water partition coefficient (Wildman–Crippen LogP) is 4.24. The van der Waals surface area contributed by atoms with Gasteiger partial charge in [0, 0.05) is 22.3 Å². The smallest absolute Gasteiger partial charge is 0.315 e. The third-order valence-electron chi connectivity index (χ3n) is 5.02. The number of carboxylic acid groups (broad SMARTS) is 2. The highest BCUT2D eigenvalue weighted by Gasteiger charge is 2.41. The first-order valence-electron chi connectivity index (χ1n) is 9.68. The van der Waals surface area contributed by atoms with Crippen molar-refractivity contribution in [2.45, 2.75) is 33.1 Å². The summed E-state index contributed by atoms with van der Waals surface area (Å²) in [7, 11) is 0. The van der Waals surface area contributed by atoms with Crippen LogP contribution in [0.25, 0.3) is 0 Å². The molecule has 4 N–H and O–H groups in total. The predicted molar refractivity (Wildman–Crippen MR) is 122 cm³/mol.